The van der Waals surface area contributed by atoms with Crippen molar-refractivity contribution < 1.29 is 24.2 Å². The van der Waals surface area contributed by atoms with Gasteiger partial charge in [-0.15, -0.1) is 0 Å². The van der Waals surface area contributed by atoms with Gasteiger partial charge in [0.15, 0.2) is 0 Å². The van der Waals surface area contributed by atoms with Crippen LogP contribution in [0.4, 0.5) is 4.79 Å². The number of alkyl carbamates (subject to hydrolysis) is 1. The lowest BCUT2D eigenvalue weighted by Crippen LogP contribution is -2.49. The highest BCUT2D eigenvalue weighted by Crippen LogP contribution is 2.35. The topological polar surface area (TPSA) is 108 Å². The van der Waals surface area contributed by atoms with Crippen molar-refractivity contribution in [3.8, 4) is 5.75 Å². The molecule has 1 unspecified atom stereocenters. The Kier molecular flexibility index (Phi) is 7.11. The van der Waals surface area contributed by atoms with Gasteiger partial charge in [-0.1, -0.05) is 12.1 Å². The van der Waals surface area contributed by atoms with Crippen LogP contribution in [0, 0.1) is 0 Å². The number of carbonyl (C=O) groups is 3. The van der Waals surface area contributed by atoms with Gasteiger partial charge >= 0.3 is 6.09 Å². The van der Waals surface area contributed by atoms with Crippen LogP contribution < -0.4 is 10.6 Å². The molecule has 1 saturated carbocycles. The third-order valence-electron chi connectivity index (χ3n) is 4.15. The number of nitrogens with zero attached hydrogens (tertiary/aromatic N) is 1. The zero-order valence-corrected chi connectivity index (χ0v) is 17.7. The molecule has 160 valence electrons. The Morgan fingerprint density at radius 1 is 1.24 bits per heavy atom. The first-order chi connectivity index (χ1) is 13.5. The second kappa shape index (κ2) is 9.15. The van der Waals surface area contributed by atoms with E-state index < -0.39 is 17.7 Å². The molecule has 1 aromatic rings. The molecule has 1 aliphatic rings. The zero-order valence-electron chi connectivity index (χ0n) is 17.7. The average Bonchev–Trinajstić information content (AvgIpc) is 3.39. The summed E-state index contributed by atoms with van der Waals surface area (Å²) in [6, 6.07) is 5.22. The number of nitrogens with one attached hydrogen (secondary N) is 2. The smallest absolute Gasteiger partial charge is 0.408 e. The van der Waals surface area contributed by atoms with Crippen molar-refractivity contribution in [2.75, 3.05) is 6.54 Å². The van der Waals surface area contributed by atoms with Crippen molar-refractivity contribution in [2.24, 2.45) is 0 Å². The molecule has 0 aliphatic heterocycles. The van der Waals surface area contributed by atoms with Crippen LogP contribution in [0.3, 0.4) is 0 Å². The van der Waals surface area contributed by atoms with Crippen molar-refractivity contribution >= 4 is 17.9 Å². The number of benzene rings is 1. The summed E-state index contributed by atoms with van der Waals surface area (Å²) in [5.41, 5.74) is -0.162. The molecule has 8 nitrogen and oxygen atoms in total. The number of phenolic OH excluding ortho intramolecular Hbond substituents is 1. The largest absolute Gasteiger partial charge is 0.508 e. The molecule has 1 aliphatic carbocycles. The van der Waals surface area contributed by atoms with Crippen molar-refractivity contribution in [3.63, 3.8) is 0 Å². The van der Waals surface area contributed by atoms with Gasteiger partial charge in [0, 0.05) is 12.1 Å². The van der Waals surface area contributed by atoms with Gasteiger partial charge < -0.3 is 25.4 Å². The highest BCUT2D eigenvalue weighted by molar-refractivity contribution is 5.91. The third kappa shape index (κ3) is 6.96. The summed E-state index contributed by atoms with van der Waals surface area (Å²) < 4.78 is 5.17. The lowest BCUT2D eigenvalue weighted by atomic mass is 10.0. The van der Waals surface area contributed by atoms with Gasteiger partial charge in [0.1, 0.15) is 23.9 Å². The Balaban J connectivity index is 2.23. The van der Waals surface area contributed by atoms with Crippen molar-refractivity contribution in [1.29, 1.82) is 0 Å². The minimum Gasteiger partial charge on any atom is -0.508 e. The Labute approximate surface area is 171 Å². The minimum atomic E-state index is -0.898. The summed E-state index contributed by atoms with van der Waals surface area (Å²) in [6.07, 6.45) is 0.868. The summed E-state index contributed by atoms with van der Waals surface area (Å²) in [5, 5.41) is 15.2. The number of ether oxygens (including phenoxy) is 1. The van der Waals surface area contributed by atoms with Crippen LogP contribution in [0.15, 0.2) is 24.3 Å². The maximum Gasteiger partial charge on any atom is 0.408 e. The maximum atomic E-state index is 13.0. The first-order valence-corrected chi connectivity index (χ1v) is 9.85. The lowest BCUT2D eigenvalue weighted by molar-refractivity contribution is -0.141. The Hall–Kier alpha value is -2.77. The molecule has 0 bridgehead atoms. The van der Waals surface area contributed by atoms with E-state index in [0.717, 1.165) is 12.8 Å². The van der Waals surface area contributed by atoms with Gasteiger partial charge in [0.2, 0.25) is 11.8 Å². The van der Waals surface area contributed by atoms with Gasteiger partial charge in [0.05, 0.1) is 0 Å². The number of hydrogen-bond acceptors (Lipinski definition) is 5. The van der Waals surface area contributed by atoms with E-state index in [1.807, 2.05) is 13.8 Å². The third-order valence-corrected chi connectivity index (χ3v) is 4.15. The second-order valence-electron chi connectivity index (χ2n) is 8.55. The molecule has 0 aromatic heterocycles. The second-order valence-corrected chi connectivity index (χ2v) is 8.55. The van der Waals surface area contributed by atoms with Crippen LogP contribution in [-0.2, 0) is 14.3 Å². The molecule has 8 heteroatoms. The molecule has 0 spiro atoms. The van der Waals surface area contributed by atoms with E-state index >= 15 is 0 Å². The monoisotopic (exact) mass is 405 g/mol. The number of aromatic hydroxyl groups is 1. The molecule has 3 amide bonds. The predicted molar refractivity (Wildman–Crippen MR) is 108 cm³/mol. The fourth-order valence-corrected chi connectivity index (χ4v) is 2.96. The van der Waals surface area contributed by atoms with E-state index in [0.29, 0.717) is 5.56 Å². The molecule has 0 saturated heterocycles. The lowest BCUT2D eigenvalue weighted by Gasteiger charge is -2.32. The number of phenols is 1. The molecular formula is C21H31N3O5. The molecule has 29 heavy (non-hydrogen) atoms. The van der Waals surface area contributed by atoms with Crippen molar-refractivity contribution in [3.05, 3.63) is 29.8 Å². The van der Waals surface area contributed by atoms with Crippen LogP contribution in [0.25, 0.3) is 0 Å². The maximum absolute atomic E-state index is 13.0. The van der Waals surface area contributed by atoms with Gasteiger partial charge in [-0.3, -0.25) is 9.59 Å². The molecule has 1 fully saturated rings. The van der Waals surface area contributed by atoms with Crippen molar-refractivity contribution in [2.45, 2.75) is 71.2 Å². The molecule has 1 atom stereocenters. The first-order valence-electron chi connectivity index (χ1n) is 9.85. The van der Waals surface area contributed by atoms with E-state index in [-0.39, 0.29) is 36.2 Å². The highest BCUT2D eigenvalue weighted by atomic mass is 16.6. The fraction of sp³-hybridized carbons (Fsp3) is 0.571. The quantitative estimate of drug-likeness (QED) is 0.646. The standard InChI is InChI=1S/C21H31N3O5/c1-13(2)23-19(27)18(14-7-6-8-16(25)11-14)24(15-9-10-15)17(26)12-22-20(28)29-21(3,4)5/h6-8,11,13,15,18,25H,9-10,12H2,1-5H3,(H,22,28)(H,23,27). The summed E-state index contributed by atoms with van der Waals surface area (Å²) in [4.78, 5) is 39.4. The Morgan fingerprint density at radius 2 is 1.90 bits per heavy atom. The van der Waals surface area contributed by atoms with Crippen molar-refractivity contribution in [1.82, 2.24) is 15.5 Å². The number of amides is 3. The molecule has 3 N–H and O–H groups in total. The summed E-state index contributed by atoms with van der Waals surface area (Å²) in [7, 11) is 0. The molecule has 0 radical (unpaired) electrons. The average molecular weight is 405 g/mol. The first kappa shape index (κ1) is 22.5. The number of hydrogen-bond donors (Lipinski definition) is 3. The highest BCUT2D eigenvalue weighted by Gasteiger charge is 2.41. The SMILES string of the molecule is CC(C)NC(=O)C(c1cccc(O)c1)N(C(=O)CNC(=O)OC(C)(C)C)C1CC1. The van der Waals surface area contributed by atoms with Crippen LogP contribution in [0.5, 0.6) is 5.75 Å². The van der Waals surface area contributed by atoms with Crippen LogP contribution >= 0.6 is 0 Å². The van der Waals surface area contributed by atoms with E-state index in [2.05, 4.69) is 10.6 Å². The van der Waals surface area contributed by atoms with Gasteiger partial charge in [-0.05, 0) is 65.2 Å². The predicted octanol–water partition coefficient (Wildman–Crippen LogP) is 2.47. The number of rotatable bonds is 7. The van der Waals surface area contributed by atoms with E-state index in [1.165, 1.54) is 17.0 Å². The molecular weight excluding hydrogens is 374 g/mol. The normalized spacial score (nSPS) is 14.8. The van der Waals surface area contributed by atoms with Crippen LogP contribution in [0.1, 0.15) is 59.1 Å². The van der Waals surface area contributed by atoms with E-state index in [1.54, 1.807) is 32.9 Å². The van der Waals surface area contributed by atoms with Gasteiger partial charge in [-0.25, -0.2) is 4.79 Å². The van der Waals surface area contributed by atoms with E-state index in [4.69, 9.17) is 4.74 Å². The van der Waals surface area contributed by atoms with Gasteiger partial charge in [-0.2, -0.15) is 0 Å². The fourth-order valence-electron chi connectivity index (χ4n) is 2.96. The zero-order chi connectivity index (χ0) is 21.8. The summed E-state index contributed by atoms with van der Waals surface area (Å²) in [6.45, 7) is 8.60. The Bertz CT molecular complexity index is 753. The summed E-state index contributed by atoms with van der Waals surface area (Å²) in [5.74, 6) is -0.700. The Morgan fingerprint density at radius 3 is 2.41 bits per heavy atom. The molecule has 1 aromatic carbocycles. The molecule has 0 heterocycles. The summed E-state index contributed by atoms with van der Waals surface area (Å²) >= 11 is 0. The number of carbonyl (C=O) groups excluding carboxylic acids is 3. The van der Waals surface area contributed by atoms with Gasteiger partial charge in [0.25, 0.3) is 0 Å². The molecule has 2 rings (SSSR count). The minimum absolute atomic E-state index is 0.0138. The van der Waals surface area contributed by atoms with Crippen LogP contribution in [-0.4, -0.2) is 52.1 Å². The van der Waals surface area contributed by atoms with Crippen LogP contribution in [0.2, 0.25) is 0 Å². The van der Waals surface area contributed by atoms with E-state index in [9.17, 15) is 19.5 Å².